The minimum atomic E-state index is 0.628. The van der Waals surface area contributed by atoms with Gasteiger partial charge in [0.1, 0.15) is 4.60 Å². The van der Waals surface area contributed by atoms with Crippen molar-refractivity contribution < 1.29 is 0 Å². The quantitative estimate of drug-likeness (QED) is 0.855. The van der Waals surface area contributed by atoms with E-state index in [1.807, 2.05) is 5.38 Å². The first-order chi connectivity index (χ1) is 5.77. The van der Waals surface area contributed by atoms with Gasteiger partial charge in [0, 0.05) is 25.5 Å². The van der Waals surface area contributed by atoms with Crippen molar-refractivity contribution in [3.63, 3.8) is 0 Å². The Kier molecular flexibility index (Phi) is 2.34. The predicted molar refractivity (Wildman–Crippen MR) is 54.9 cm³/mol. The number of thiazole rings is 1. The smallest absolute Gasteiger partial charge is 0.186 e. The van der Waals surface area contributed by atoms with Gasteiger partial charge in [0.05, 0.1) is 6.04 Å². The molecule has 5 heteroatoms. The molecule has 0 radical (unpaired) electrons. The first-order valence-corrected chi connectivity index (χ1v) is 5.49. The molecule has 0 spiro atoms. The van der Waals surface area contributed by atoms with E-state index >= 15 is 0 Å². The highest BCUT2D eigenvalue weighted by Gasteiger charge is 2.23. The number of halogens is 1. The van der Waals surface area contributed by atoms with Crippen molar-refractivity contribution in [1.29, 1.82) is 0 Å². The monoisotopic (exact) mass is 247 g/mol. The molecular weight excluding hydrogens is 238 g/mol. The van der Waals surface area contributed by atoms with Gasteiger partial charge >= 0.3 is 0 Å². The highest BCUT2D eigenvalue weighted by atomic mass is 79.9. The molecule has 0 aromatic carbocycles. The number of hydrogen-bond acceptors (Lipinski definition) is 4. The van der Waals surface area contributed by atoms with Crippen LogP contribution in [0, 0.1) is 0 Å². The van der Waals surface area contributed by atoms with Gasteiger partial charge in [-0.2, -0.15) is 0 Å². The van der Waals surface area contributed by atoms with Crippen LogP contribution < -0.4 is 10.2 Å². The van der Waals surface area contributed by atoms with E-state index in [1.54, 1.807) is 11.3 Å². The Morgan fingerprint density at radius 1 is 1.75 bits per heavy atom. The number of anilines is 1. The molecule has 12 heavy (non-hydrogen) atoms. The van der Waals surface area contributed by atoms with Crippen LogP contribution >= 0.6 is 27.3 Å². The number of rotatable bonds is 2. The van der Waals surface area contributed by atoms with Crippen LogP contribution in [-0.4, -0.2) is 31.2 Å². The van der Waals surface area contributed by atoms with Crippen molar-refractivity contribution in [3.05, 3.63) is 9.98 Å². The lowest BCUT2D eigenvalue weighted by molar-refractivity contribution is 0.428. The molecule has 3 nitrogen and oxygen atoms in total. The fourth-order valence-electron chi connectivity index (χ4n) is 1.11. The molecule has 0 bridgehead atoms. The number of likely N-dealkylation sites (N-methyl/N-ethyl adjacent to an activating group) is 1. The summed E-state index contributed by atoms with van der Waals surface area (Å²) in [5.74, 6) is 0. The van der Waals surface area contributed by atoms with Gasteiger partial charge in [0.25, 0.3) is 0 Å². The fraction of sp³-hybridized carbons (Fsp3) is 0.571. The van der Waals surface area contributed by atoms with Gasteiger partial charge in [-0.3, -0.25) is 0 Å². The van der Waals surface area contributed by atoms with E-state index in [0.29, 0.717) is 6.04 Å². The first-order valence-electron chi connectivity index (χ1n) is 3.82. The average molecular weight is 248 g/mol. The molecule has 1 N–H and O–H groups in total. The molecule has 1 saturated heterocycles. The molecule has 66 valence electrons. The molecule has 1 aromatic heterocycles. The topological polar surface area (TPSA) is 28.2 Å². The molecule has 0 aliphatic carbocycles. The Hall–Kier alpha value is -0.130. The summed E-state index contributed by atoms with van der Waals surface area (Å²) in [6, 6.07) is 0.628. The molecule has 0 saturated carbocycles. The largest absolute Gasteiger partial charge is 0.346 e. The van der Waals surface area contributed by atoms with Crippen LogP contribution in [-0.2, 0) is 0 Å². The second kappa shape index (κ2) is 3.32. The molecule has 1 fully saturated rings. The second-order valence-electron chi connectivity index (χ2n) is 2.88. The third-order valence-corrected chi connectivity index (χ3v) is 3.71. The summed E-state index contributed by atoms with van der Waals surface area (Å²) in [6.45, 7) is 2.15. The maximum atomic E-state index is 4.35. The average Bonchev–Trinajstić information content (AvgIpc) is 2.31. The van der Waals surface area contributed by atoms with Crippen LogP contribution in [0.3, 0.4) is 0 Å². The van der Waals surface area contributed by atoms with Crippen LogP contribution in [0.2, 0.25) is 0 Å². The number of hydrogen-bond donors (Lipinski definition) is 1. The Balaban J connectivity index is 2.08. The first kappa shape index (κ1) is 8.47. The Bertz CT molecular complexity index is 271. The summed E-state index contributed by atoms with van der Waals surface area (Å²) >= 11 is 5.02. The Morgan fingerprint density at radius 2 is 2.50 bits per heavy atom. The van der Waals surface area contributed by atoms with Gasteiger partial charge in [-0.05, 0) is 15.9 Å². The van der Waals surface area contributed by atoms with E-state index in [9.17, 15) is 0 Å². The third kappa shape index (κ3) is 1.48. The Morgan fingerprint density at radius 3 is 2.92 bits per heavy atom. The number of aromatic nitrogens is 1. The predicted octanol–water partition coefficient (Wildman–Crippen LogP) is 1.31. The molecule has 1 aromatic rings. The van der Waals surface area contributed by atoms with Gasteiger partial charge < -0.3 is 10.2 Å². The van der Waals surface area contributed by atoms with E-state index in [0.717, 1.165) is 22.8 Å². The van der Waals surface area contributed by atoms with Crippen molar-refractivity contribution in [2.24, 2.45) is 0 Å². The summed E-state index contributed by atoms with van der Waals surface area (Å²) in [7, 11) is 2.09. The maximum absolute atomic E-state index is 4.35. The molecule has 2 heterocycles. The summed E-state index contributed by atoms with van der Waals surface area (Å²) in [5.41, 5.74) is 0. The summed E-state index contributed by atoms with van der Waals surface area (Å²) in [5, 5.41) is 6.35. The third-order valence-electron chi connectivity index (χ3n) is 2.07. The SMILES string of the molecule is CN(c1nc(Br)cs1)C1CNC1. The normalized spacial score (nSPS) is 17.5. The van der Waals surface area contributed by atoms with E-state index in [-0.39, 0.29) is 0 Å². The minimum absolute atomic E-state index is 0.628. The van der Waals surface area contributed by atoms with Crippen molar-refractivity contribution in [1.82, 2.24) is 10.3 Å². The van der Waals surface area contributed by atoms with Crippen LogP contribution in [0.5, 0.6) is 0 Å². The molecular formula is C7H10BrN3S. The molecule has 0 unspecified atom stereocenters. The van der Waals surface area contributed by atoms with E-state index in [1.165, 1.54) is 0 Å². The van der Waals surface area contributed by atoms with Crippen molar-refractivity contribution in [2.75, 3.05) is 25.0 Å². The standard InChI is InChI=1S/C7H10BrN3S/c1-11(5-2-9-3-5)7-10-6(8)4-12-7/h4-5,9H,2-3H2,1H3. The van der Waals surface area contributed by atoms with Crippen molar-refractivity contribution in [3.8, 4) is 0 Å². The Labute approximate surface area is 83.9 Å². The van der Waals surface area contributed by atoms with E-state index < -0.39 is 0 Å². The van der Waals surface area contributed by atoms with Gasteiger partial charge in [-0.1, -0.05) is 0 Å². The highest BCUT2D eigenvalue weighted by Crippen LogP contribution is 2.24. The lowest BCUT2D eigenvalue weighted by atomic mass is 10.2. The number of nitrogens with one attached hydrogen (secondary N) is 1. The van der Waals surface area contributed by atoms with E-state index in [4.69, 9.17) is 0 Å². The van der Waals surface area contributed by atoms with Crippen LogP contribution in [0.15, 0.2) is 9.98 Å². The molecule has 1 aliphatic rings. The molecule has 1 aliphatic heterocycles. The lowest BCUT2D eigenvalue weighted by Crippen LogP contribution is -2.56. The lowest BCUT2D eigenvalue weighted by Gasteiger charge is -2.35. The molecule has 0 atom stereocenters. The van der Waals surface area contributed by atoms with Gasteiger partial charge in [-0.25, -0.2) is 4.98 Å². The zero-order chi connectivity index (χ0) is 8.55. The van der Waals surface area contributed by atoms with Crippen LogP contribution in [0.4, 0.5) is 5.13 Å². The molecule has 0 amide bonds. The van der Waals surface area contributed by atoms with Crippen molar-refractivity contribution in [2.45, 2.75) is 6.04 Å². The van der Waals surface area contributed by atoms with Gasteiger partial charge in [0.2, 0.25) is 0 Å². The maximum Gasteiger partial charge on any atom is 0.186 e. The summed E-state index contributed by atoms with van der Waals surface area (Å²) in [4.78, 5) is 6.57. The fourth-order valence-corrected chi connectivity index (χ4v) is 2.40. The number of nitrogens with zero attached hydrogens (tertiary/aromatic N) is 2. The van der Waals surface area contributed by atoms with Crippen LogP contribution in [0.1, 0.15) is 0 Å². The minimum Gasteiger partial charge on any atom is -0.346 e. The zero-order valence-corrected chi connectivity index (χ0v) is 9.15. The van der Waals surface area contributed by atoms with Crippen molar-refractivity contribution >= 4 is 32.4 Å². The summed E-state index contributed by atoms with van der Waals surface area (Å²) < 4.78 is 0.932. The zero-order valence-electron chi connectivity index (χ0n) is 6.75. The second-order valence-corrected chi connectivity index (χ2v) is 4.52. The van der Waals surface area contributed by atoms with Gasteiger partial charge in [-0.15, -0.1) is 11.3 Å². The summed E-state index contributed by atoms with van der Waals surface area (Å²) in [6.07, 6.45) is 0. The van der Waals surface area contributed by atoms with Crippen LogP contribution in [0.25, 0.3) is 0 Å². The van der Waals surface area contributed by atoms with E-state index in [2.05, 4.69) is 38.2 Å². The molecule has 2 rings (SSSR count). The van der Waals surface area contributed by atoms with Gasteiger partial charge in [0.15, 0.2) is 5.13 Å². The highest BCUT2D eigenvalue weighted by molar-refractivity contribution is 9.10.